The second kappa shape index (κ2) is 12.4. The summed E-state index contributed by atoms with van der Waals surface area (Å²) >= 11 is 0. The fraction of sp³-hybridized carbons (Fsp3) is 0.441. The number of rotatable bonds is 11. The molecule has 0 unspecified atom stereocenters. The summed E-state index contributed by atoms with van der Waals surface area (Å²) in [5, 5.41) is 1.40. The molecule has 0 aromatic heterocycles. The van der Waals surface area contributed by atoms with Crippen LogP contribution in [-0.2, 0) is 22.6 Å². The van der Waals surface area contributed by atoms with Crippen molar-refractivity contribution in [3.63, 3.8) is 0 Å². The van der Waals surface area contributed by atoms with Gasteiger partial charge in [0.2, 0.25) is 0 Å². The van der Waals surface area contributed by atoms with Gasteiger partial charge in [-0.15, -0.1) is 0 Å². The van der Waals surface area contributed by atoms with Crippen LogP contribution in [0.2, 0.25) is 18.6 Å². The Hall–Kier alpha value is -2.69. The molecule has 3 aromatic carbocycles. The largest absolute Gasteiger partial charge is 0.460 e. The van der Waals surface area contributed by atoms with E-state index in [9.17, 15) is 4.79 Å². The van der Waals surface area contributed by atoms with Crippen molar-refractivity contribution in [2.75, 3.05) is 0 Å². The summed E-state index contributed by atoms with van der Waals surface area (Å²) in [5.41, 5.74) is 2.78. The van der Waals surface area contributed by atoms with Gasteiger partial charge in [0.25, 0.3) is 0 Å². The zero-order chi connectivity index (χ0) is 27.3. The van der Waals surface area contributed by atoms with Crippen molar-refractivity contribution in [1.82, 2.24) is 4.90 Å². The van der Waals surface area contributed by atoms with E-state index in [1.165, 1.54) is 16.3 Å². The third-order valence-corrected chi connectivity index (χ3v) is 12.5. The van der Waals surface area contributed by atoms with E-state index in [4.69, 9.17) is 4.74 Å². The van der Waals surface area contributed by atoms with E-state index in [0.29, 0.717) is 5.92 Å². The lowest BCUT2D eigenvalue weighted by molar-refractivity contribution is -0.147. The quantitative estimate of drug-likeness (QED) is 0.194. The second-order valence-electron chi connectivity index (χ2n) is 12.4. The highest BCUT2D eigenvalue weighted by molar-refractivity contribution is 6.91. The first-order valence-electron chi connectivity index (χ1n) is 14.3. The van der Waals surface area contributed by atoms with Crippen LogP contribution >= 0.6 is 0 Å². The Kier molecular flexibility index (Phi) is 9.27. The van der Waals surface area contributed by atoms with Crippen molar-refractivity contribution in [1.29, 1.82) is 0 Å². The van der Waals surface area contributed by atoms with Gasteiger partial charge in [-0.1, -0.05) is 137 Å². The van der Waals surface area contributed by atoms with Gasteiger partial charge in [0.15, 0.2) is 0 Å². The number of benzene rings is 3. The minimum atomic E-state index is -2.09. The van der Waals surface area contributed by atoms with Crippen LogP contribution in [-0.4, -0.2) is 31.1 Å². The van der Waals surface area contributed by atoms with Gasteiger partial charge in [0.1, 0.15) is 6.10 Å². The lowest BCUT2D eigenvalue weighted by Gasteiger charge is -2.43. The van der Waals surface area contributed by atoms with Crippen LogP contribution < -0.4 is 5.19 Å². The number of hydrogen-bond donors (Lipinski definition) is 0. The molecule has 0 aliphatic carbocycles. The molecule has 0 spiro atoms. The third kappa shape index (κ3) is 6.47. The van der Waals surface area contributed by atoms with Crippen molar-refractivity contribution in [2.24, 2.45) is 17.8 Å². The Labute approximate surface area is 231 Å². The zero-order valence-corrected chi connectivity index (χ0v) is 25.0. The zero-order valence-electron chi connectivity index (χ0n) is 24.0. The molecule has 3 aromatic rings. The predicted molar refractivity (Wildman–Crippen MR) is 161 cm³/mol. The fourth-order valence-corrected chi connectivity index (χ4v) is 10.4. The molecule has 1 saturated heterocycles. The van der Waals surface area contributed by atoms with Crippen molar-refractivity contribution >= 4 is 19.2 Å². The lowest BCUT2D eigenvalue weighted by atomic mass is 9.87. The SMILES string of the molecule is CC(C)C[C@@H]([C@@H]1OC(=O)[C@H](C(C)C)[C@H]1[Si](C)(C)c1ccccc1)N(Cc1ccccc1)Cc1ccccc1. The topological polar surface area (TPSA) is 29.5 Å². The molecule has 1 heterocycles. The van der Waals surface area contributed by atoms with Crippen LogP contribution in [0, 0.1) is 17.8 Å². The third-order valence-electron chi connectivity index (χ3n) is 8.35. The first-order valence-corrected chi connectivity index (χ1v) is 17.3. The van der Waals surface area contributed by atoms with Gasteiger partial charge in [-0.2, -0.15) is 0 Å². The van der Waals surface area contributed by atoms with Gasteiger partial charge >= 0.3 is 5.97 Å². The first kappa shape index (κ1) is 28.3. The van der Waals surface area contributed by atoms with Crippen LogP contribution in [0.1, 0.15) is 45.2 Å². The molecule has 1 aliphatic heterocycles. The number of ether oxygens (including phenoxy) is 1. The molecule has 0 amide bonds. The Bertz CT molecular complexity index is 1110. The molecule has 3 nitrogen and oxygen atoms in total. The predicted octanol–water partition coefficient (Wildman–Crippen LogP) is 7.29. The van der Waals surface area contributed by atoms with Crippen molar-refractivity contribution < 1.29 is 9.53 Å². The molecule has 4 atom stereocenters. The normalized spacial score (nSPS) is 20.8. The van der Waals surface area contributed by atoms with Crippen LogP contribution in [0.15, 0.2) is 91.0 Å². The molecule has 0 radical (unpaired) electrons. The summed E-state index contributed by atoms with van der Waals surface area (Å²) in [5.74, 6) is 0.642. The summed E-state index contributed by atoms with van der Waals surface area (Å²) in [6, 6.07) is 32.5. The van der Waals surface area contributed by atoms with E-state index in [0.717, 1.165) is 19.5 Å². The molecule has 38 heavy (non-hydrogen) atoms. The maximum absolute atomic E-state index is 13.6. The van der Waals surface area contributed by atoms with Crippen molar-refractivity contribution in [3.8, 4) is 0 Å². The highest BCUT2D eigenvalue weighted by atomic mass is 28.3. The second-order valence-corrected chi connectivity index (χ2v) is 17.0. The minimum Gasteiger partial charge on any atom is -0.460 e. The molecule has 0 bridgehead atoms. The Morgan fingerprint density at radius 1 is 0.763 bits per heavy atom. The molecule has 1 fully saturated rings. The lowest BCUT2D eigenvalue weighted by Crippen LogP contribution is -2.56. The Morgan fingerprint density at radius 3 is 1.68 bits per heavy atom. The first-order chi connectivity index (χ1) is 18.2. The Balaban J connectivity index is 1.80. The summed E-state index contributed by atoms with van der Waals surface area (Å²) in [4.78, 5) is 16.2. The number of cyclic esters (lactones) is 1. The molecular weight excluding hydrogens is 482 g/mol. The number of carbonyl (C=O) groups is 1. The summed E-state index contributed by atoms with van der Waals surface area (Å²) in [6.07, 6.45) is 0.852. The summed E-state index contributed by atoms with van der Waals surface area (Å²) < 4.78 is 6.53. The van der Waals surface area contributed by atoms with Crippen LogP contribution in [0.5, 0.6) is 0 Å². The van der Waals surface area contributed by atoms with E-state index in [2.05, 4.69) is 137 Å². The molecule has 0 saturated carbocycles. The average molecular weight is 528 g/mol. The van der Waals surface area contributed by atoms with Crippen LogP contribution in [0.4, 0.5) is 0 Å². The molecule has 4 heteroatoms. The van der Waals surface area contributed by atoms with Gasteiger partial charge in [-0.25, -0.2) is 0 Å². The monoisotopic (exact) mass is 527 g/mol. The average Bonchev–Trinajstić information content (AvgIpc) is 3.26. The Morgan fingerprint density at radius 2 is 1.24 bits per heavy atom. The molecule has 202 valence electrons. The standard InChI is InChI=1S/C34H45NO2Si/c1-25(2)22-30(35(23-27-16-10-7-11-17-27)24-28-18-12-8-13-19-28)32-33(31(26(3)4)34(36)37-32)38(5,6)29-20-14-9-15-21-29/h7-21,25-26,30-33H,22-24H2,1-6H3/t30-,31+,32-,33+/m0/s1. The molecule has 4 rings (SSSR count). The van der Waals surface area contributed by atoms with E-state index in [1.54, 1.807) is 0 Å². The van der Waals surface area contributed by atoms with Gasteiger partial charge in [0.05, 0.1) is 14.0 Å². The van der Waals surface area contributed by atoms with Crippen molar-refractivity contribution in [2.45, 2.75) is 78.0 Å². The molecular formula is C34H45NO2Si. The molecule has 1 aliphatic rings. The fourth-order valence-electron chi connectivity index (χ4n) is 6.46. The van der Waals surface area contributed by atoms with Gasteiger partial charge in [0, 0.05) is 24.7 Å². The van der Waals surface area contributed by atoms with E-state index in [-0.39, 0.29) is 35.5 Å². The smallest absolute Gasteiger partial charge is 0.309 e. The van der Waals surface area contributed by atoms with Crippen LogP contribution in [0.25, 0.3) is 0 Å². The maximum Gasteiger partial charge on any atom is 0.309 e. The number of esters is 1. The minimum absolute atomic E-state index is 0.000338. The molecule has 0 N–H and O–H groups in total. The number of carbonyl (C=O) groups excluding carboxylic acids is 1. The van der Waals surface area contributed by atoms with Gasteiger partial charge < -0.3 is 4.74 Å². The number of hydrogen-bond acceptors (Lipinski definition) is 3. The maximum atomic E-state index is 13.6. The number of nitrogens with zero attached hydrogens (tertiary/aromatic N) is 1. The highest BCUT2D eigenvalue weighted by Crippen LogP contribution is 2.47. The van der Waals surface area contributed by atoms with E-state index >= 15 is 0 Å². The van der Waals surface area contributed by atoms with E-state index in [1.807, 2.05) is 0 Å². The van der Waals surface area contributed by atoms with Gasteiger partial charge in [-0.3, -0.25) is 9.69 Å². The summed E-state index contributed by atoms with van der Waals surface area (Å²) in [7, 11) is -2.09. The van der Waals surface area contributed by atoms with Gasteiger partial charge in [-0.05, 0) is 29.4 Å². The van der Waals surface area contributed by atoms with E-state index < -0.39 is 8.07 Å². The van der Waals surface area contributed by atoms with Crippen molar-refractivity contribution in [3.05, 3.63) is 102 Å². The summed E-state index contributed by atoms with van der Waals surface area (Å²) in [6.45, 7) is 15.5. The highest BCUT2D eigenvalue weighted by Gasteiger charge is 2.56. The van der Waals surface area contributed by atoms with Crippen LogP contribution in [0.3, 0.4) is 0 Å².